The monoisotopic (exact) mass is 527 g/mol. The Morgan fingerprint density at radius 1 is 1.05 bits per heavy atom. The van der Waals surface area contributed by atoms with Crippen molar-refractivity contribution in [2.24, 2.45) is 0 Å². The summed E-state index contributed by atoms with van der Waals surface area (Å²) in [5.74, 6) is 1.70. The summed E-state index contributed by atoms with van der Waals surface area (Å²) in [6.45, 7) is 12.5. The molecule has 0 radical (unpaired) electrons. The summed E-state index contributed by atoms with van der Waals surface area (Å²) in [5, 5.41) is 0. The van der Waals surface area contributed by atoms with Crippen LogP contribution in [-0.2, 0) is 17.8 Å². The zero-order valence-electron chi connectivity index (χ0n) is 22.9. The Hall–Kier alpha value is -3.84. The van der Waals surface area contributed by atoms with Crippen LogP contribution in [0.4, 0.5) is 0 Å². The highest BCUT2D eigenvalue weighted by molar-refractivity contribution is 5.91. The molecule has 0 saturated carbocycles. The van der Waals surface area contributed by atoms with Crippen LogP contribution in [0.1, 0.15) is 58.0 Å². The molecule has 3 heterocycles. The van der Waals surface area contributed by atoms with Gasteiger partial charge in [-0.2, -0.15) is 0 Å². The summed E-state index contributed by atoms with van der Waals surface area (Å²) >= 11 is 0. The molecular weight excluding hydrogens is 490 g/mol. The van der Waals surface area contributed by atoms with E-state index >= 15 is 0 Å². The van der Waals surface area contributed by atoms with Gasteiger partial charge in [0.05, 0.1) is 6.04 Å². The van der Waals surface area contributed by atoms with Crippen LogP contribution in [0.15, 0.2) is 71.7 Å². The van der Waals surface area contributed by atoms with E-state index in [-0.39, 0.29) is 24.5 Å². The molecule has 0 aliphatic carbocycles. The van der Waals surface area contributed by atoms with Crippen molar-refractivity contribution in [1.29, 1.82) is 0 Å². The molecule has 7 nitrogen and oxygen atoms in total. The van der Waals surface area contributed by atoms with Crippen LogP contribution < -0.4 is 4.74 Å². The Morgan fingerprint density at radius 2 is 1.87 bits per heavy atom. The van der Waals surface area contributed by atoms with Gasteiger partial charge in [-0.3, -0.25) is 14.5 Å². The lowest BCUT2D eigenvalue weighted by Gasteiger charge is -2.38. The van der Waals surface area contributed by atoms with Crippen molar-refractivity contribution >= 4 is 11.8 Å². The predicted molar refractivity (Wildman–Crippen MR) is 151 cm³/mol. The van der Waals surface area contributed by atoms with E-state index < -0.39 is 0 Å². The number of aryl methyl sites for hydroxylation is 1. The van der Waals surface area contributed by atoms with Crippen LogP contribution in [0.25, 0.3) is 0 Å². The lowest BCUT2D eigenvalue weighted by atomic mass is 9.87. The van der Waals surface area contributed by atoms with Crippen LogP contribution in [-0.4, -0.2) is 65.8 Å². The van der Waals surface area contributed by atoms with Gasteiger partial charge in [-0.15, -0.1) is 6.58 Å². The first-order valence-corrected chi connectivity index (χ1v) is 13.8. The maximum Gasteiger partial charge on any atom is 0.289 e. The number of hydrogen-bond donors (Lipinski definition) is 0. The van der Waals surface area contributed by atoms with Crippen LogP contribution in [0.3, 0.4) is 0 Å². The van der Waals surface area contributed by atoms with Crippen molar-refractivity contribution in [2.75, 3.05) is 39.3 Å². The fourth-order valence-corrected chi connectivity index (χ4v) is 5.55. The maximum atomic E-state index is 12.9. The minimum absolute atomic E-state index is 0.0880. The van der Waals surface area contributed by atoms with Gasteiger partial charge >= 0.3 is 0 Å². The first kappa shape index (κ1) is 26.8. The van der Waals surface area contributed by atoms with Crippen molar-refractivity contribution in [3.63, 3.8) is 0 Å². The Labute approximate surface area is 230 Å². The number of nitrogens with zero attached hydrogens (tertiary/aromatic N) is 3. The molecule has 2 amide bonds. The smallest absolute Gasteiger partial charge is 0.289 e. The number of carbonyl (C=O) groups excluding carboxylic acids is 2. The average Bonchev–Trinajstić information content (AvgIpc) is 3.44. The topological polar surface area (TPSA) is 66.2 Å². The van der Waals surface area contributed by atoms with Crippen molar-refractivity contribution in [3.8, 4) is 5.75 Å². The SMILES string of the molecule is C=CCN1CCN(C(=O)c2ccc(COc3ccc4c(c3)[C@@H](c3cccc(C)c3)N(C(=O)CC)CC4)o2)CC1. The summed E-state index contributed by atoms with van der Waals surface area (Å²) in [4.78, 5) is 31.9. The average molecular weight is 528 g/mol. The van der Waals surface area contributed by atoms with Crippen molar-refractivity contribution in [3.05, 3.63) is 101 Å². The molecule has 2 aromatic carbocycles. The standard InChI is InChI=1S/C32H37N3O4/c1-4-14-33-16-18-34(19-17-33)32(37)29-12-11-27(39-29)22-38-26-10-9-24-13-15-35(30(36)5-2)31(28(24)21-26)25-8-6-7-23(3)20-25/h4,6-12,20-21,31H,1,5,13-19,22H2,2-3H3/t31-/m1/s1. The lowest BCUT2D eigenvalue weighted by molar-refractivity contribution is -0.132. The summed E-state index contributed by atoms with van der Waals surface area (Å²) in [6, 6.07) is 17.9. The number of hydrogen-bond acceptors (Lipinski definition) is 5. The quantitative estimate of drug-likeness (QED) is 0.386. The second kappa shape index (κ2) is 11.9. The number of benzene rings is 2. The zero-order chi connectivity index (χ0) is 27.4. The number of furan rings is 1. The number of amides is 2. The molecule has 2 aliphatic heterocycles. The molecule has 7 heteroatoms. The van der Waals surface area contributed by atoms with Crippen LogP contribution >= 0.6 is 0 Å². The molecule has 2 aliphatic rings. The van der Waals surface area contributed by atoms with E-state index in [1.807, 2.05) is 34.9 Å². The largest absolute Gasteiger partial charge is 0.486 e. The van der Waals surface area contributed by atoms with Gasteiger partial charge in [0.25, 0.3) is 5.91 Å². The molecule has 3 aromatic rings. The highest BCUT2D eigenvalue weighted by Crippen LogP contribution is 2.38. The Morgan fingerprint density at radius 3 is 2.62 bits per heavy atom. The Kier molecular flexibility index (Phi) is 8.17. The van der Waals surface area contributed by atoms with Crippen molar-refractivity contribution in [1.82, 2.24) is 14.7 Å². The molecule has 5 rings (SSSR count). The van der Waals surface area contributed by atoms with Gasteiger partial charge in [0.1, 0.15) is 18.1 Å². The summed E-state index contributed by atoms with van der Waals surface area (Å²) in [6.07, 6.45) is 3.18. The minimum Gasteiger partial charge on any atom is -0.486 e. The molecule has 1 saturated heterocycles. The molecule has 204 valence electrons. The van der Waals surface area contributed by atoms with Gasteiger partial charge in [0.15, 0.2) is 5.76 Å². The third-order valence-electron chi connectivity index (χ3n) is 7.63. The second-order valence-corrected chi connectivity index (χ2v) is 10.3. The van der Waals surface area contributed by atoms with E-state index in [0.29, 0.717) is 43.3 Å². The van der Waals surface area contributed by atoms with Crippen molar-refractivity contribution < 1.29 is 18.7 Å². The molecule has 0 spiro atoms. The maximum absolute atomic E-state index is 12.9. The van der Waals surface area contributed by atoms with E-state index in [0.717, 1.165) is 42.7 Å². The number of carbonyl (C=O) groups is 2. The summed E-state index contributed by atoms with van der Waals surface area (Å²) in [7, 11) is 0. The van der Waals surface area contributed by atoms with Gasteiger partial charge in [-0.1, -0.05) is 48.9 Å². The van der Waals surface area contributed by atoms with E-state index in [9.17, 15) is 9.59 Å². The van der Waals surface area contributed by atoms with Gasteiger partial charge in [-0.05, 0) is 54.3 Å². The fourth-order valence-electron chi connectivity index (χ4n) is 5.55. The lowest BCUT2D eigenvalue weighted by Crippen LogP contribution is -2.48. The molecule has 39 heavy (non-hydrogen) atoms. The van der Waals surface area contributed by atoms with E-state index in [1.165, 1.54) is 5.56 Å². The Bertz CT molecular complexity index is 1340. The van der Waals surface area contributed by atoms with Crippen molar-refractivity contribution in [2.45, 2.75) is 39.3 Å². The third kappa shape index (κ3) is 5.93. The van der Waals surface area contributed by atoms with Crippen LogP contribution in [0.5, 0.6) is 5.75 Å². The highest BCUT2D eigenvalue weighted by Gasteiger charge is 2.32. The predicted octanol–water partition coefficient (Wildman–Crippen LogP) is 4.99. The third-order valence-corrected chi connectivity index (χ3v) is 7.63. The highest BCUT2D eigenvalue weighted by atomic mass is 16.5. The summed E-state index contributed by atoms with van der Waals surface area (Å²) in [5.41, 5.74) is 4.59. The van der Waals surface area contributed by atoms with E-state index in [4.69, 9.17) is 9.15 Å². The van der Waals surface area contributed by atoms with E-state index in [2.05, 4.69) is 48.7 Å². The second-order valence-electron chi connectivity index (χ2n) is 10.3. The zero-order valence-corrected chi connectivity index (χ0v) is 22.9. The van der Waals surface area contributed by atoms with Gasteiger partial charge in [0.2, 0.25) is 5.91 Å². The van der Waals surface area contributed by atoms with Crippen LogP contribution in [0.2, 0.25) is 0 Å². The number of fused-ring (bicyclic) bond motifs is 1. The number of rotatable bonds is 8. The van der Waals surface area contributed by atoms with E-state index in [1.54, 1.807) is 12.1 Å². The van der Waals surface area contributed by atoms with Crippen LogP contribution in [0, 0.1) is 6.92 Å². The Balaban J connectivity index is 1.29. The molecule has 1 fully saturated rings. The molecule has 0 bridgehead atoms. The van der Waals surface area contributed by atoms with Gasteiger partial charge in [-0.25, -0.2) is 0 Å². The van der Waals surface area contributed by atoms with Gasteiger partial charge < -0.3 is 19.0 Å². The fraction of sp³-hybridized carbons (Fsp3) is 0.375. The normalized spacial score (nSPS) is 17.5. The molecule has 1 aromatic heterocycles. The number of piperazine rings is 1. The first-order valence-electron chi connectivity index (χ1n) is 13.8. The molecular formula is C32H37N3O4. The molecule has 0 N–H and O–H groups in total. The summed E-state index contributed by atoms with van der Waals surface area (Å²) < 4.78 is 12.0. The molecule has 1 atom stereocenters. The van der Waals surface area contributed by atoms with Gasteiger partial charge in [0, 0.05) is 45.7 Å². The number of ether oxygens (including phenoxy) is 1. The minimum atomic E-state index is -0.149. The first-order chi connectivity index (χ1) is 19.0. The molecule has 0 unspecified atom stereocenters.